The van der Waals surface area contributed by atoms with Crippen LogP contribution < -0.4 is 5.32 Å². The summed E-state index contributed by atoms with van der Waals surface area (Å²) in [6.45, 7) is 0. The Labute approximate surface area is 109 Å². The van der Waals surface area contributed by atoms with Gasteiger partial charge < -0.3 is 5.32 Å². The third kappa shape index (κ3) is 2.59. The van der Waals surface area contributed by atoms with Crippen molar-refractivity contribution in [3.8, 4) is 0 Å². The van der Waals surface area contributed by atoms with Gasteiger partial charge in [0.15, 0.2) is 0 Å². The van der Waals surface area contributed by atoms with Crippen molar-refractivity contribution < 1.29 is 17.2 Å². The van der Waals surface area contributed by atoms with E-state index in [1.54, 1.807) is 0 Å². The fraction of sp³-hybridized carbons (Fsp3) is 0.455. The van der Waals surface area contributed by atoms with Crippen LogP contribution in [0.2, 0.25) is 0 Å². The number of nitrogens with one attached hydrogen (secondary N) is 1. The quantitative estimate of drug-likeness (QED) is 0.850. The lowest BCUT2D eigenvalue weighted by Crippen LogP contribution is -2.22. The van der Waals surface area contributed by atoms with E-state index in [1.807, 2.05) is 0 Å². The maximum atomic E-state index is 12.3. The highest BCUT2D eigenvalue weighted by Gasteiger charge is 2.41. The van der Waals surface area contributed by atoms with E-state index in [0.717, 1.165) is 12.8 Å². The normalized spacial score (nSPS) is 17.8. The van der Waals surface area contributed by atoms with Crippen LogP contribution >= 0.6 is 11.6 Å². The summed E-state index contributed by atoms with van der Waals surface area (Å²) < 4.78 is 47.0. The van der Waals surface area contributed by atoms with Crippen LogP contribution in [0.15, 0.2) is 29.2 Å². The van der Waals surface area contributed by atoms with E-state index in [1.165, 1.54) is 24.3 Å². The zero-order chi connectivity index (χ0) is 13.4. The molecule has 0 saturated heterocycles. The lowest BCUT2D eigenvalue weighted by molar-refractivity contribution is 0.234. The average molecular weight is 296 g/mol. The van der Waals surface area contributed by atoms with Crippen LogP contribution in [0, 0.1) is 0 Å². The number of hydrogen-bond donors (Lipinski definition) is 1. The smallest absolute Gasteiger partial charge is 0.341 e. The summed E-state index contributed by atoms with van der Waals surface area (Å²) in [6.07, 6.45) is 1.90. The van der Waals surface area contributed by atoms with Crippen LogP contribution in [-0.4, -0.2) is 25.6 Å². The molecule has 1 aromatic rings. The summed E-state index contributed by atoms with van der Waals surface area (Å²) >= 11 is 5.79. The summed E-state index contributed by atoms with van der Waals surface area (Å²) in [4.78, 5) is -0.376. The van der Waals surface area contributed by atoms with Gasteiger partial charge in [-0.05, 0) is 37.1 Å². The molecule has 0 spiro atoms. The molecule has 0 atom stereocenters. The number of halogens is 3. The van der Waals surface area contributed by atoms with Crippen LogP contribution in [0.1, 0.15) is 12.8 Å². The Morgan fingerprint density at radius 3 is 2.22 bits per heavy atom. The topological polar surface area (TPSA) is 46.2 Å². The molecule has 1 aliphatic rings. The molecule has 1 aliphatic carbocycles. The molecule has 0 aliphatic heterocycles. The van der Waals surface area contributed by atoms with Gasteiger partial charge in [-0.25, -0.2) is 8.42 Å². The highest BCUT2D eigenvalue weighted by molar-refractivity contribution is 7.91. The third-order valence-corrected chi connectivity index (χ3v) is 4.85. The predicted molar refractivity (Wildman–Crippen MR) is 65.9 cm³/mol. The number of alkyl halides is 3. The van der Waals surface area contributed by atoms with E-state index in [9.17, 15) is 17.2 Å². The second-order valence-corrected chi connectivity index (χ2v) is 6.55. The number of benzene rings is 1. The van der Waals surface area contributed by atoms with Crippen molar-refractivity contribution in [1.29, 1.82) is 0 Å². The Bertz CT molecular complexity index is 526. The Balaban J connectivity index is 2.16. The van der Waals surface area contributed by atoms with Crippen LogP contribution in [0.4, 0.5) is 14.5 Å². The molecule has 1 N–H and O–H groups in total. The lowest BCUT2D eigenvalue weighted by Gasteiger charge is -2.15. The van der Waals surface area contributed by atoms with Crippen molar-refractivity contribution in [3.63, 3.8) is 0 Å². The summed E-state index contributed by atoms with van der Waals surface area (Å²) in [5, 5.41) is 3.17. The summed E-state index contributed by atoms with van der Waals surface area (Å²) in [5.74, 6) is -2.93. The summed E-state index contributed by atoms with van der Waals surface area (Å²) in [5.41, 5.74) is 0.561. The minimum atomic E-state index is -4.51. The second kappa shape index (κ2) is 4.66. The van der Waals surface area contributed by atoms with Crippen molar-refractivity contribution in [1.82, 2.24) is 0 Å². The molecule has 7 heteroatoms. The molecule has 1 saturated carbocycles. The molecule has 1 aromatic carbocycles. The molecule has 0 amide bonds. The van der Waals surface area contributed by atoms with E-state index < -0.39 is 15.6 Å². The third-order valence-electron chi connectivity index (χ3n) is 2.94. The SMILES string of the molecule is O=S(=O)(c1ccc(NC2(CCl)CC2)cc1)C(F)F. The van der Waals surface area contributed by atoms with Gasteiger partial charge in [-0.2, -0.15) is 8.78 Å². The van der Waals surface area contributed by atoms with Crippen molar-refractivity contribution in [2.45, 2.75) is 29.0 Å². The Kier molecular flexibility index (Phi) is 3.51. The summed E-state index contributed by atoms with van der Waals surface area (Å²) in [6, 6.07) is 5.30. The van der Waals surface area contributed by atoms with Gasteiger partial charge in [0.25, 0.3) is 0 Å². The van der Waals surface area contributed by atoms with Gasteiger partial charge in [-0.1, -0.05) is 0 Å². The minimum Gasteiger partial charge on any atom is -0.378 e. The van der Waals surface area contributed by atoms with Gasteiger partial charge in [-0.3, -0.25) is 0 Å². The molecule has 2 rings (SSSR count). The van der Waals surface area contributed by atoms with Gasteiger partial charge in [0.2, 0.25) is 9.84 Å². The van der Waals surface area contributed by atoms with Gasteiger partial charge in [0.05, 0.1) is 10.4 Å². The summed E-state index contributed by atoms with van der Waals surface area (Å²) in [7, 11) is -4.51. The highest BCUT2D eigenvalue weighted by Crippen LogP contribution is 2.40. The molecular formula is C11H12ClF2NO2S. The predicted octanol–water partition coefficient (Wildman–Crippen LogP) is 2.87. The Hall–Kier alpha value is -0.880. The first-order valence-corrected chi connectivity index (χ1v) is 7.44. The first kappa shape index (κ1) is 13.5. The van der Waals surface area contributed by atoms with Crippen molar-refractivity contribution in [2.24, 2.45) is 0 Å². The van der Waals surface area contributed by atoms with Crippen LogP contribution in [0.3, 0.4) is 0 Å². The monoisotopic (exact) mass is 295 g/mol. The van der Waals surface area contributed by atoms with E-state index >= 15 is 0 Å². The minimum absolute atomic E-state index is 0.120. The molecule has 100 valence electrons. The van der Waals surface area contributed by atoms with Crippen molar-refractivity contribution >= 4 is 27.1 Å². The maximum Gasteiger partial charge on any atom is 0.341 e. The van der Waals surface area contributed by atoms with E-state index in [-0.39, 0.29) is 10.4 Å². The molecule has 0 aromatic heterocycles. The molecule has 1 fully saturated rings. The standard InChI is InChI=1S/C11H12ClF2NO2S/c12-7-11(5-6-11)15-8-1-3-9(4-2-8)18(16,17)10(13)14/h1-4,10,15H,5-7H2. The molecule has 0 radical (unpaired) electrons. The fourth-order valence-corrected chi connectivity index (χ4v) is 2.64. The highest BCUT2D eigenvalue weighted by atomic mass is 35.5. The Morgan fingerprint density at radius 2 is 1.83 bits per heavy atom. The van der Waals surface area contributed by atoms with E-state index in [4.69, 9.17) is 11.6 Å². The molecule has 0 unspecified atom stereocenters. The number of rotatable bonds is 5. The maximum absolute atomic E-state index is 12.3. The van der Waals surface area contributed by atoms with Crippen LogP contribution in [0.25, 0.3) is 0 Å². The van der Waals surface area contributed by atoms with Crippen molar-refractivity contribution in [2.75, 3.05) is 11.2 Å². The van der Waals surface area contributed by atoms with Gasteiger partial charge in [0.1, 0.15) is 0 Å². The zero-order valence-corrected chi connectivity index (χ0v) is 10.9. The van der Waals surface area contributed by atoms with Gasteiger partial charge in [0, 0.05) is 11.6 Å². The molecule has 3 nitrogen and oxygen atoms in total. The Morgan fingerprint density at radius 1 is 1.28 bits per heavy atom. The van der Waals surface area contributed by atoms with Gasteiger partial charge >= 0.3 is 5.76 Å². The fourth-order valence-electron chi connectivity index (χ4n) is 1.58. The van der Waals surface area contributed by atoms with Crippen LogP contribution in [-0.2, 0) is 9.84 Å². The molecular weight excluding hydrogens is 284 g/mol. The van der Waals surface area contributed by atoms with E-state index in [2.05, 4.69) is 5.32 Å². The number of sulfone groups is 1. The number of hydrogen-bond acceptors (Lipinski definition) is 3. The molecule has 0 bridgehead atoms. The largest absolute Gasteiger partial charge is 0.378 e. The first-order chi connectivity index (χ1) is 8.39. The number of anilines is 1. The second-order valence-electron chi connectivity index (χ2n) is 4.37. The molecule has 18 heavy (non-hydrogen) atoms. The van der Waals surface area contributed by atoms with Crippen LogP contribution in [0.5, 0.6) is 0 Å². The van der Waals surface area contributed by atoms with E-state index in [0.29, 0.717) is 11.6 Å². The van der Waals surface area contributed by atoms with Crippen molar-refractivity contribution in [3.05, 3.63) is 24.3 Å². The van der Waals surface area contributed by atoms with Gasteiger partial charge in [-0.15, -0.1) is 11.6 Å². The molecule has 0 heterocycles. The lowest BCUT2D eigenvalue weighted by atomic mass is 10.2. The average Bonchev–Trinajstić information content (AvgIpc) is 3.10. The first-order valence-electron chi connectivity index (χ1n) is 5.36. The zero-order valence-electron chi connectivity index (χ0n) is 9.37.